The molecule has 2 unspecified atom stereocenters. The maximum atomic E-state index is 13.6. The van der Waals surface area contributed by atoms with Gasteiger partial charge in [0.05, 0.1) is 4.47 Å². The fraction of sp³-hybridized carbons (Fsp3) is 0.429. The number of benzene rings is 1. The van der Waals surface area contributed by atoms with Crippen LogP contribution in [0.4, 0.5) is 10.3 Å². The van der Waals surface area contributed by atoms with Gasteiger partial charge in [-0.1, -0.05) is 0 Å². The van der Waals surface area contributed by atoms with Gasteiger partial charge in [-0.2, -0.15) is 4.98 Å². The Morgan fingerprint density at radius 1 is 1.48 bits per heavy atom. The summed E-state index contributed by atoms with van der Waals surface area (Å²) in [4.78, 5) is 6.58. The Kier molecular flexibility index (Phi) is 3.95. The molecule has 1 aliphatic rings. The van der Waals surface area contributed by atoms with E-state index in [9.17, 15) is 4.39 Å². The normalized spacial score (nSPS) is 22.6. The fourth-order valence-corrected chi connectivity index (χ4v) is 2.86. The maximum Gasteiger partial charge on any atom is 0.245 e. The van der Waals surface area contributed by atoms with Crippen LogP contribution in [0.3, 0.4) is 0 Å². The molecule has 0 aliphatic carbocycles. The topological polar surface area (TPSA) is 70.8 Å². The van der Waals surface area contributed by atoms with Crippen molar-refractivity contribution in [3.8, 4) is 11.4 Å². The summed E-state index contributed by atoms with van der Waals surface area (Å²) in [6.07, 6.45) is 2.05. The van der Waals surface area contributed by atoms with E-state index in [0.717, 1.165) is 19.4 Å². The van der Waals surface area contributed by atoms with Crippen molar-refractivity contribution in [3.05, 3.63) is 28.5 Å². The van der Waals surface area contributed by atoms with E-state index in [0.29, 0.717) is 21.8 Å². The second-order valence-corrected chi connectivity index (χ2v) is 6.21. The van der Waals surface area contributed by atoms with Crippen molar-refractivity contribution >= 4 is 21.9 Å². The van der Waals surface area contributed by atoms with Crippen LogP contribution >= 0.6 is 15.9 Å². The smallest absolute Gasteiger partial charge is 0.245 e. The molecule has 3 rings (SSSR count). The first kappa shape index (κ1) is 14.5. The van der Waals surface area contributed by atoms with Crippen molar-refractivity contribution < 1.29 is 4.39 Å². The van der Waals surface area contributed by atoms with Crippen LogP contribution in [0, 0.1) is 5.82 Å². The molecule has 5 nitrogen and oxygen atoms in total. The lowest BCUT2D eigenvalue weighted by Gasteiger charge is -2.36. The second kappa shape index (κ2) is 5.73. The van der Waals surface area contributed by atoms with Crippen LogP contribution in [0.2, 0.25) is 0 Å². The average Bonchev–Trinajstić information content (AvgIpc) is 2.94. The highest BCUT2D eigenvalue weighted by molar-refractivity contribution is 9.10. The molecule has 112 valence electrons. The molecule has 0 spiro atoms. The standard InChI is InChI=1S/C14H17BrFN5/c1-8-12(17)3-2-6-21(8)14-18-13(19-20-14)9-4-5-10(15)11(16)7-9/h4-5,7-8,12H,2-3,6,17H2,1H3,(H,18,19,20). The monoisotopic (exact) mass is 353 g/mol. The molecule has 2 heterocycles. The predicted molar refractivity (Wildman–Crippen MR) is 83.5 cm³/mol. The number of nitrogens with zero attached hydrogens (tertiary/aromatic N) is 3. The minimum atomic E-state index is -0.321. The molecule has 1 fully saturated rings. The Bertz CT molecular complexity index is 644. The number of hydrogen-bond acceptors (Lipinski definition) is 4. The largest absolute Gasteiger partial charge is 0.335 e. The third-order valence-corrected chi connectivity index (χ3v) is 4.61. The van der Waals surface area contributed by atoms with Gasteiger partial charge in [0.2, 0.25) is 5.95 Å². The number of aromatic amines is 1. The van der Waals surface area contributed by atoms with Crippen LogP contribution in [0.5, 0.6) is 0 Å². The number of H-pyrrole nitrogens is 1. The summed E-state index contributed by atoms with van der Waals surface area (Å²) in [5.41, 5.74) is 6.77. The van der Waals surface area contributed by atoms with E-state index in [1.807, 2.05) is 0 Å². The van der Waals surface area contributed by atoms with Gasteiger partial charge in [0, 0.05) is 24.2 Å². The van der Waals surface area contributed by atoms with Gasteiger partial charge in [-0.05, 0) is 53.9 Å². The molecule has 1 aromatic heterocycles. The number of nitrogens with two attached hydrogens (primary N) is 1. The third kappa shape index (κ3) is 2.80. The number of nitrogens with one attached hydrogen (secondary N) is 1. The number of hydrogen-bond donors (Lipinski definition) is 2. The van der Waals surface area contributed by atoms with Crippen molar-refractivity contribution in [2.24, 2.45) is 5.73 Å². The van der Waals surface area contributed by atoms with Crippen molar-refractivity contribution in [1.82, 2.24) is 15.2 Å². The predicted octanol–water partition coefficient (Wildman–Crippen LogP) is 2.69. The zero-order valence-corrected chi connectivity index (χ0v) is 13.3. The lowest BCUT2D eigenvalue weighted by Crippen LogP contribution is -2.50. The Labute approximate surface area is 130 Å². The molecule has 0 saturated carbocycles. The van der Waals surface area contributed by atoms with Crippen LogP contribution in [0.15, 0.2) is 22.7 Å². The van der Waals surface area contributed by atoms with Crippen molar-refractivity contribution in [2.75, 3.05) is 11.4 Å². The summed E-state index contributed by atoms with van der Waals surface area (Å²) < 4.78 is 14.0. The summed E-state index contributed by atoms with van der Waals surface area (Å²) in [6, 6.07) is 5.21. The Balaban J connectivity index is 1.87. The van der Waals surface area contributed by atoms with Gasteiger partial charge in [0.25, 0.3) is 0 Å². The molecule has 0 radical (unpaired) electrons. The summed E-state index contributed by atoms with van der Waals surface area (Å²) in [6.45, 7) is 2.97. The lowest BCUT2D eigenvalue weighted by atomic mass is 9.99. The number of piperidine rings is 1. The summed E-state index contributed by atoms with van der Waals surface area (Å²) in [5.74, 6) is 0.859. The van der Waals surface area contributed by atoms with Gasteiger partial charge >= 0.3 is 0 Å². The molecule has 3 N–H and O–H groups in total. The highest BCUT2D eigenvalue weighted by atomic mass is 79.9. The quantitative estimate of drug-likeness (QED) is 0.870. The number of aromatic nitrogens is 3. The molecule has 0 amide bonds. The first-order chi connectivity index (χ1) is 10.1. The molecule has 2 aromatic rings. The van der Waals surface area contributed by atoms with Crippen molar-refractivity contribution in [3.63, 3.8) is 0 Å². The van der Waals surface area contributed by atoms with Gasteiger partial charge in [-0.25, -0.2) is 4.39 Å². The van der Waals surface area contributed by atoms with E-state index in [1.54, 1.807) is 12.1 Å². The molecule has 1 aliphatic heterocycles. The highest BCUT2D eigenvalue weighted by Gasteiger charge is 2.27. The maximum absolute atomic E-state index is 13.6. The van der Waals surface area contributed by atoms with Crippen molar-refractivity contribution in [2.45, 2.75) is 31.8 Å². The van der Waals surface area contributed by atoms with Gasteiger partial charge < -0.3 is 10.6 Å². The van der Waals surface area contributed by atoms with Gasteiger partial charge in [0.15, 0.2) is 5.82 Å². The minimum absolute atomic E-state index is 0.130. The van der Waals surface area contributed by atoms with Crippen LogP contribution in [0.25, 0.3) is 11.4 Å². The number of halogens is 2. The minimum Gasteiger partial charge on any atom is -0.335 e. The molecule has 1 aromatic carbocycles. The lowest BCUT2D eigenvalue weighted by molar-refractivity contribution is 0.416. The highest BCUT2D eigenvalue weighted by Crippen LogP contribution is 2.25. The van der Waals surface area contributed by atoms with E-state index >= 15 is 0 Å². The van der Waals surface area contributed by atoms with E-state index in [-0.39, 0.29) is 17.9 Å². The second-order valence-electron chi connectivity index (χ2n) is 5.35. The van der Waals surface area contributed by atoms with E-state index < -0.39 is 0 Å². The van der Waals surface area contributed by atoms with Crippen LogP contribution in [-0.4, -0.2) is 33.8 Å². The zero-order chi connectivity index (χ0) is 15.0. The van der Waals surface area contributed by atoms with Crippen molar-refractivity contribution in [1.29, 1.82) is 0 Å². The van der Waals surface area contributed by atoms with Crippen LogP contribution in [-0.2, 0) is 0 Å². The molecule has 0 bridgehead atoms. The van der Waals surface area contributed by atoms with E-state index in [4.69, 9.17) is 5.73 Å². The third-order valence-electron chi connectivity index (χ3n) is 3.97. The molecular weight excluding hydrogens is 337 g/mol. The van der Waals surface area contributed by atoms with E-state index in [2.05, 4.69) is 42.9 Å². The summed E-state index contributed by atoms with van der Waals surface area (Å²) in [5, 5.41) is 7.13. The SMILES string of the molecule is CC1C(N)CCCN1c1n[nH]c(-c2ccc(Br)c(F)c2)n1. The fourth-order valence-electron chi connectivity index (χ4n) is 2.61. The van der Waals surface area contributed by atoms with Crippen LogP contribution in [0.1, 0.15) is 19.8 Å². The first-order valence-corrected chi connectivity index (χ1v) is 7.75. The van der Waals surface area contributed by atoms with Gasteiger partial charge in [-0.15, -0.1) is 5.10 Å². The van der Waals surface area contributed by atoms with Crippen LogP contribution < -0.4 is 10.6 Å². The Morgan fingerprint density at radius 3 is 3.05 bits per heavy atom. The van der Waals surface area contributed by atoms with Gasteiger partial charge in [-0.3, -0.25) is 5.10 Å². The molecule has 21 heavy (non-hydrogen) atoms. The summed E-state index contributed by atoms with van der Waals surface area (Å²) >= 11 is 3.14. The van der Waals surface area contributed by atoms with Gasteiger partial charge in [0.1, 0.15) is 5.82 Å². The Hall–Kier alpha value is -1.47. The molecule has 2 atom stereocenters. The Morgan fingerprint density at radius 2 is 2.29 bits per heavy atom. The molecule has 7 heteroatoms. The first-order valence-electron chi connectivity index (χ1n) is 6.96. The average molecular weight is 354 g/mol. The zero-order valence-electron chi connectivity index (χ0n) is 11.7. The molecular formula is C14H17BrFN5. The molecule has 1 saturated heterocycles. The summed E-state index contributed by atoms with van der Waals surface area (Å²) in [7, 11) is 0. The number of anilines is 1. The van der Waals surface area contributed by atoms with E-state index in [1.165, 1.54) is 6.07 Å². The number of rotatable bonds is 2.